The van der Waals surface area contributed by atoms with E-state index < -0.39 is 0 Å². The van der Waals surface area contributed by atoms with Gasteiger partial charge in [-0.15, -0.1) is 0 Å². The molecule has 1 aliphatic rings. The Labute approximate surface area is 104 Å². The first-order valence-electron chi connectivity index (χ1n) is 6.91. The van der Waals surface area contributed by atoms with Crippen molar-refractivity contribution in [2.24, 2.45) is 5.92 Å². The van der Waals surface area contributed by atoms with Crippen LogP contribution in [0.1, 0.15) is 70.1 Å². The van der Waals surface area contributed by atoms with E-state index in [1.807, 2.05) is 6.20 Å². The minimum atomic E-state index is 0.223. The van der Waals surface area contributed by atoms with Crippen molar-refractivity contribution in [2.75, 3.05) is 6.54 Å². The second-order valence-electron chi connectivity index (χ2n) is 5.29. The predicted octanol–water partition coefficient (Wildman–Crippen LogP) is 3.64. The van der Waals surface area contributed by atoms with Crippen LogP contribution in [-0.2, 0) is 0 Å². The molecule has 0 aliphatic heterocycles. The number of nitrogens with one attached hydrogen (secondary N) is 1. The third kappa shape index (κ3) is 2.89. The maximum Gasteiger partial charge on any atom is 0.211 e. The Morgan fingerprint density at radius 2 is 2.35 bits per heavy atom. The summed E-state index contributed by atoms with van der Waals surface area (Å²) in [6.45, 7) is 7.61. The van der Waals surface area contributed by atoms with E-state index in [9.17, 15) is 0 Å². The summed E-state index contributed by atoms with van der Waals surface area (Å²) in [7, 11) is 0. The third-order valence-corrected chi connectivity index (χ3v) is 3.84. The molecule has 1 N–H and O–H groups in total. The van der Waals surface area contributed by atoms with Crippen molar-refractivity contribution in [1.82, 2.24) is 10.3 Å². The summed E-state index contributed by atoms with van der Waals surface area (Å²) in [4.78, 5) is 4.42. The Morgan fingerprint density at radius 1 is 1.53 bits per heavy atom. The predicted molar refractivity (Wildman–Crippen MR) is 69.0 cm³/mol. The minimum Gasteiger partial charge on any atom is -0.444 e. The summed E-state index contributed by atoms with van der Waals surface area (Å²) in [5, 5.41) is 3.41. The van der Waals surface area contributed by atoms with Crippen LogP contribution in [0.3, 0.4) is 0 Å². The monoisotopic (exact) mass is 236 g/mol. The second kappa shape index (κ2) is 5.67. The maximum absolute atomic E-state index is 5.92. The molecule has 3 nitrogen and oxygen atoms in total. The molecule has 3 atom stereocenters. The lowest BCUT2D eigenvalue weighted by molar-refractivity contribution is 0.358. The van der Waals surface area contributed by atoms with Gasteiger partial charge in [0.1, 0.15) is 5.76 Å². The van der Waals surface area contributed by atoms with Crippen molar-refractivity contribution < 1.29 is 4.42 Å². The van der Waals surface area contributed by atoms with E-state index in [1.54, 1.807) is 0 Å². The van der Waals surface area contributed by atoms with Crippen molar-refractivity contribution in [3.05, 3.63) is 17.8 Å². The van der Waals surface area contributed by atoms with Gasteiger partial charge in [0, 0.05) is 5.92 Å². The van der Waals surface area contributed by atoms with Crippen LogP contribution in [0.15, 0.2) is 10.6 Å². The summed E-state index contributed by atoms with van der Waals surface area (Å²) < 4.78 is 5.92. The summed E-state index contributed by atoms with van der Waals surface area (Å²) in [5.74, 6) is 3.27. The van der Waals surface area contributed by atoms with Gasteiger partial charge in [-0.3, -0.25) is 0 Å². The van der Waals surface area contributed by atoms with Crippen molar-refractivity contribution in [1.29, 1.82) is 0 Å². The fraction of sp³-hybridized carbons (Fsp3) is 0.786. The molecule has 1 saturated carbocycles. The van der Waals surface area contributed by atoms with Gasteiger partial charge >= 0.3 is 0 Å². The summed E-state index contributed by atoms with van der Waals surface area (Å²) in [6.07, 6.45) is 6.98. The van der Waals surface area contributed by atoms with Gasteiger partial charge in [0.25, 0.3) is 0 Å². The number of hydrogen-bond donors (Lipinski definition) is 1. The molecule has 1 aliphatic carbocycles. The summed E-state index contributed by atoms with van der Waals surface area (Å²) in [5.41, 5.74) is 0. The lowest BCUT2D eigenvalue weighted by atomic mass is 9.96. The molecule has 0 bridgehead atoms. The first-order valence-corrected chi connectivity index (χ1v) is 6.91. The molecular weight excluding hydrogens is 212 g/mol. The van der Waals surface area contributed by atoms with Crippen LogP contribution < -0.4 is 5.32 Å². The average Bonchev–Trinajstić information content (AvgIpc) is 2.93. The van der Waals surface area contributed by atoms with E-state index in [0.717, 1.165) is 30.5 Å². The molecule has 3 unspecified atom stereocenters. The van der Waals surface area contributed by atoms with E-state index >= 15 is 0 Å². The van der Waals surface area contributed by atoms with Crippen molar-refractivity contribution in [3.8, 4) is 0 Å². The Morgan fingerprint density at radius 3 is 3.00 bits per heavy atom. The Kier molecular flexibility index (Phi) is 4.21. The van der Waals surface area contributed by atoms with Crippen molar-refractivity contribution >= 4 is 0 Å². The standard InChI is InChI=1S/C14H24N2O/c1-4-8-15-11(3)14-16-9-13(17-14)12-7-5-6-10(12)2/h9-12,15H,4-8H2,1-3H3. The molecular formula is C14H24N2O. The molecule has 1 fully saturated rings. The van der Waals surface area contributed by atoms with Crippen LogP contribution in [0, 0.1) is 5.92 Å². The highest BCUT2D eigenvalue weighted by Crippen LogP contribution is 2.39. The summed E-state index contributed by atoms with van der Waals surface area (Å²) >= 11 is 0. The highest BCUT2D eigenvalue weighted by molar-refractivity contribution is 5.07. The smallest absolute Gasteiger partial charge is 0.211 e. The molecule has 0 saturated heterocycles. The lowest BCUT2D eigenvalue weighted by Crippen LogP contribution is -2.19. The number of aromatic nitrogens is 1. The van der Waals surface area contributed by atoms with Crippen LogP contribution in [0.5, 0.6) is 0 Å². The quantitative estimate of drug-likeness (QED) is 0.848. The minimum absolute atomic E-state index is 0.223. The zero-order valence-corrected chi connectivity index (χ0v) is 11.2. The zero-order chi connectivity index (χ0) is 12.3. The normalized spacial score (nSPS) is 26.3. The first-order chi connectivity index (χ1) is 8.22. The number of nitrogens with zero attached hydrogens (tertiary/aromatic N) is 1. The van der Waals surface area contributed by atoms with Gasteiger partial charge in [-0.25, -0.2) is 4.98 Å². The number of hydrogen-bond acceptors (Lipinski definition) is 3. The topological polar surface area (TPSA) is 38.1 Å². The van der Waals surface area contributed by atoms with Gasteiger partial charge < -0.3 is 9.73 Å². The Balaban J connectivity index is 2.00. The van der Waals surface area contributed by atoms with Crippen LogP contribution in [0.25, 0.3) is 0 Å². The van der Waals surface area contributed by atoms with Crippen LogP contribution in [0.2, 0.25) is 0 Å². The molecule has 0 aromatic carbocycles. The summed E-state index contributed by atoms with van der Waals surface area (Å²) in [6, 6.07) is 0.223. The third-order valence-electron chi connectivity index (χ3n) is 3.84. The lowest BCUT2D eigenvalue weighted by Gasteiger charge is -2.12. The highest BCUT2D eigenvalue weighted by Gasteiger charge is 2.28. The average molecular weight is 236 g/mol. The van der Waals surface area contributed by atoms with E-state index in [4.69, 9.17) is 4.42 Å². The molecule has 1 heterocycles. The second-order valence-corrected chi connectivity index (χ2v) is 5.29. The van der Waals surface area contributed by atoms with Gasteiger partial charge in [-0.2, -0.15) is 0 Å². The highest BCUT2D eigenvalue weighted by atomic mass is 16.4. The van der Waals surface area contributed by atoms with E-state index in [2.05, 4.69) is 31.1 Å². The molecule has 96 valence electrons. The van der Waals surface area contributed by atoms with Crippen LogP contribution in [0.4, 0.5) is 0 Å². The van der Waals surface area contributed by atoms with Gasteiger partial charge in [0.05, 0.1) is 12.2 Å². The van der Waals surface area contributed by atoms with Gasteiger partial charge in [-0.1, -0.05) is 20.3 Å². The fourth-order valence-corrected chi connectivity index (χ4v) is 2.69. The molecule has 2 rings (SSSR count). The first kappa shape index (κ1) is 12.6. The molecule has 0 radical (unpaired) electrons. The van der Waals surface area contributed by atoms with Gasteiger partial charge in [0.2, 0.25) is 5.89 Å². The number of oxazole rings is 1. The van der Waals surface area contributed by atoms with E-state index in [0.29, 0.717) is 5.92 Å². The molecule has 0 spiro atoms. The molecule has 17 heavy (non-hydrogen) atoms. The largest absolute Gasteiger partial charge is 0.444 e. The molecule has 1 aromatic rings. The van der Waals surface area contributed by atoms with Gasteiger partial charge in [0.15, 0.2) is 0 Å². The molecule has 1 aromatic heterocycles. The van der Waals surface area contributed by atoms with E-state index in [1.165, 1.54) is 19.3 Å². The maximum atomic E-state index is 5.92. The molecule has 3 heteroatoms. The van der Waals surface area contributed by atoms with Crippen molar-refractivity contribution in [2.45, 2.75) is 58.4 Å². The van der Waals surface area contributed by atoms with Crippen LogP contribution in [-0.4, -0.2) is 11.5 Å². The number of rotatable bonds is 5. The Hall–Kier alpha value is -0.830. The van der Waals surface area contributed by atoms with Crippen LogP contribution >= 0.6 is 0 Å². The fourth-order valence-electron chi connectivity index (χ4n) is 2.69. The Bertz CT molecular complexity index is 348. The molecule has 0 amide bonds. The van der Waals surface area contributed by atoms with E-state index in [-0.39, 0.29) is 6.04 Å². The van der Waals surface area contributed by atoms with Gasteiger partial charge in [-0.05, 0) is 38.6 Å². The van der Waals surface area contributed by atoms with Crippen molar-refractivity contribution in [3.63, 3.8) is 0 Å². The zero-order valence-electron chi connectivity index (χ0n) is 11.2. The SMILES string of the molecule is CCCNC(C)c1ncc(C2CCCC2C)o1.